The van der Waals surface area contributed by atoms with Crippen LogP contribution in [0.3, 0.4) is 0 Å². The molecule has 1 saturated heterocycles. The molecule has 0 N–H and O–H groups in total. The highest BCUT2D eigenvalue weighted by atomic mass is 32.2. The summed E-state index contributed by atoms with van der Waals surface area (Å²) in [6, 6.07) is 20.6. The number of benzene rings is 2. The van der Waals surface area contributed by atoms with Crippen molar-refractivity contribution in [1.29, 1.82) is 0 Å². The van der Waals surface area contributed by atoms with Crippen LogP contribution >= 0.6 is 11.8 Å². The molecule has 1 fully saturated rings. The summed E-state index contributed by atoms with van der Waals surface area (Å²) < 4.78 is 18.4. The summed E-state index contributed by atoms with van der Waals surface area (Å²) in [5, 5.41) is 1.07. The Kier molecular flexibility index (Phi) is 6.24. The molecule has 0 aromatic heterocycles. The lowest BCUT2D eigenvalue weighted by Crippen LogP contribution is -2.46. The Hall–Kier alpha value is -1.66. The molecule has 4 rings (SSSR count). The number of hydrogen-bond donors (Lipinski definition) is 0. The van der Waals surface area contributed by atoms with E-state index in [4.69, 9.17) is 19.2 Å². The second-order valence-corrected chi connectivity index (χ2v) is 8.25. The first-order valence-electron chi connectivity index (χ1n) is 9.41. The quantitative estimate of drug-likeness (QED) is 0.709. The van der Waals surface area contributed by atoms with E-state index in [1.54, 1.807) is 11.8 Å². The van der Waals surface area contributed by atoms with E-state index in [1.165, 1.54) is 11.1 Å². The van der Waals surface area contributed by atoms with E-state index < -0.39 is 0 Å². The van der Waals surface area contributed by atoms with Crippen LogP contribution in [-0.2, 0) is 27.4 Å². The van der Waals surface area contributed by atoms with Crippen LogP contribution in [0.5, 0.6) is 0 Å². The minimum absolute atomic E-state index is 0.0318. The van der Waals surface area contributed by atoms with Gasteiger partial charge in [0.2, 0.25) is 0 Å². The molecule has 4 unspecified atom stereocenters. The summed E-state index contributed by atoms with van der Waals surface area (Å²) in [4.78, 5) is 4.76. The number of rotatable bonds is 7. The van der Waals surface area contributed by atoms with Crippen molar-refractivity contribution in [3.63, 3.8) is 0 Å². The normalized spacial score (nSPS) is 27.2. The second kappa shape index (κ2) is 9.02. The number of ether oxygens (including phenoxy) is 3. The van der Waals surface area contributed by atoms with Gasteiger partial charge in [-0.1, -0.05) is 72.4 Å². The third-order valence-corrected chi connectivity index (χ3v) is 5.89. The van der Waals surface area contributed by atoms with Crippen LogP contribution < -0.4 is 0 Å². The molecule has 0 bridgehead atoms. The second-order valence-electron chi connectivity index (χ2n) is 6.95. The summed E-state index contributed by atoms with van der Waals surface area (Å²) in [7, 11) is 0. The monoisotopic (exact) mass is 383 g/mol. The van der Waals surface area contributed by atoms with Crippen LogP contribution in [-0.4, -0.2) is 35.3 Å². The summed E-state index contributed by atoms with van der Waals surface area (Å²) in [6.07, 6.45) is 0.892. The summed E-state index contributed by atoms with van der Waals surface area (Å²) >= 11 is 1.70. The van der Waals surface area contributed by atoms with Crippen molar-refractivity contribution < 1.29 is 14.2 Å². The van der Waals surface area contributed by atoms with Crippen LogP contribution in [0.1, 0.15) is 24.5 Å². The maximum atomic E-state index is 6.27. The van der Waals surface area contributed by atoms with Gasteiger partial charge in [-0.05, 0) is 18.1 Å². The van der Waals surface area contributed by atoms with E-state index in [0.717, 1.165) is 11.5 Å². The molecular weight excluding hydrogens is 358 g/mol. The first-order valence-corrected chi connectivity index (χ1v) is 10.3. The maximum absolute atomic E-state index is 6.27. The lowest BCUT2D eigenvalue weighted by atomic mass is 10.0. The van der Waals surface area contributed by atoms with Gasteiger partial charge in [-0.2, -0.15) is 0 Å². The van der Waals surface area contributed by atoms with Gasteiger partial charge in [0.1, 0.15) is 11.5 Å². The van der Waals surface area contributed by atoms with E-state index in [9.17, 15) is 0 Å². The summed E-state index contributed by atoms with van der Waals surface area (Å²) in [5.74, 6) is 0. The highest BCUT2D eigenvalue weighted by Gasteiger charge is 2.43. The molecule has 0 radical (unpaired) electrons. The van der Waals surface area contributed by atoms with Gasteiger partial charge in [-0.25, -0.2) is 0 Å². The van der Waals surface area contributed by atoms with Crippen molar-refractivity contribution in [1.82, 2.24) is 0 Å². The molecule has 4 nitrogen and oxygen atoms in total. The van der Waals surface area contributed by atoms with Crippen LogP contribution in [0.15, 0.2) is 65.7 Å². The Labute approximate surface area is 164 Å². The summed E-state index contributed by atoms with van der Waals surface area (Å²) in [6.45, 7) is 3.82. The lowest BCUT2D eigenvalue weighted by Gasteiger charge is -2.36. The molecule has 2 aromatic rings. The van der Waals surface area contributed by atoms with Crippen molar-refractivity contribution in [3.05, 3.63) is 71.8 Å². The smallest absolute Gasteiger partial charge is 0.134 e. The number of hydrogen-bond acceptors (Lipinski definition) is 5. The predicted octanol–water partition coefficient (Wildman–Crippen LogP) is 4.44. The van der Waals surface area contributed by atoms with Gasteiger partial charge in [0.25, 0.3) is 0 Å². The number of thioether (sulfide) groups is 1. The van der Waals surface area contributed by atoms with Gasteiger partial charge >= 0.3 is 0 Å². The highest BCUT2D eigenvalue weighted by molar-refractivity contribution is 8.14. The molecule has 27 heavy (non-hydrogen) atoms. The topological polar surface area (TPSA) is 40.0 Å². The minimum atomic E-state index is 0.0318. The zero-order valence-electron chi connectivity index (χ0n) is 15.5. The van der Waals surface area contributed by atoms with E-state index in [2.05, 4.69) is 24.3 Å². The van der Waals surface area contributed by atoms with Gasteiger partial charge in [0.05, 0.1) is 37.1 Å². The third-order valence-electron chi connectivity index (χ3n) is 4.82. The fourth-order valence-electron chi connectivity index (χ4n) is 3.48. The van der Waals surface area contributed by atoms with Crippen molar-refractivity contribution in [2.45, 2.75) is 50.2 Å². The molecule has 2 aliphatic heterocycles. The van der Waals surface area contributed by atoms with Crippen LogP contribution in [0.25, 0.3) is 0 Å². The molecule has 2 heterocycles. The molecule has 2 aliphatic rings. The fourth-order valence-corrected chi connectivity index (χ4v) is 4.59. The molecule has 0 amide bonds. The first-order chi connectivity index (χ1) is 13.3. The average molecular weight is 384 g/mol. The highest BCUT2D eigenvalue weighted by Crippen LogP contribution is 2.37. The molecule has 5 heteroatoms. The van der Waals surface area contributed by atoms with Gasteiger partial charge in [-0.3, -0.25) is 4.99 Å². The van der Waals surface area contributed by atoms with Crippen molar-refractivity contribution in [3.8, 4) is 0 Å². The van der Waals surface area contributed by atoms with Crippen molar-refractivity contribution >= 4 is 16.8 Å². The molecule has 142 valence electrons. The van der Waals surface area contributed by atoms with Gasteiger partial charge in [0, 0.05) is 6.42 Å². The zero-order valence-corrected chi connectivity index (χ0v) is 16.3. The molecule has 2 aromatic carbocycles. The first kappa shape index (κ1) is 18.7. The Morgan fingerprint density at radius 3 is 2.37 bits per heavy atom. The van der Waals surface area contributed by atoms with Crippen molar-refractivity contribution in [2.75, 3.05) is 6.61 Å². The fraction of sp³-hybridized carbons (Fsp3) is 0.409. The minimum Gasteiger partial charge on any atom is -0.374 e. The van der Waals surface area contributed by atoms with Crippen LogP contribution in [0.4, 0.5) is 0 Å². The standard InChI is InChI=1S/C22H25NO3S/c1-16-23-21-20(25-14-18-10-6-3-7-11-18)12-19(26-22(21)27-16)15-24-13-17-8-4-2-5-9-17/h2-11,19-22H,12-15H2,1H3. The number of fused-ring (bicyclic) bond motifs is 1. The predicted molar refractivity (Wildman–Crippen MR) is 109 cm³/mol. The molecule has 0 aliphatic carbocycles. The van der Waals surface area contributed by atoms with Gasteiger partial charge in [0.15, 0.2) is 0 Å². The average Bonchev–Trinajstić information content (AvgIpc) is 3.08. The van der Waals surface area contributed by atoms with E-state index in [-0.39, 0.29) is 23.7 Å². The molecule has 0 spiro atoms. The Bertz CT molecular complexity index is 753. The largest absolute Gasteiger partial charge is 0.374 e. The molecular formula is C22H25NO3S. The van der Waals surface area contributed by atoms with Crippen molar-refractivity contribution in [2.24, 2.45) is 4.99 Å². The van der Waals surface area contributed by atoms with Gasteiger partial charge in [-0.15, -0.1) is 0 Å². The van der Waals surface area contributed by atoms with E-state index in [0.29, 0.717) is 19.8 Å². The SMILES string of the molecule is CC1=NC2C(OCc3ccccc3)CC(COCc3ccccc3)OC2S1. The Morgan fingerprint density at radius 1 is 1.00 bits per heavy atom. The summed E-state index contributed by atoms with van der Waals surface area (Å²) in [5.41, 5.74) is 2.39. The Balaban J connectivity index is 1.34. The van der Waals surface area contributed by atoms with Crippen LogP contribution in [0.2, 0.25) is 0 Å². The number of aliphatic imine (C=N–C) groups is 1. The van der Waals surface area contributed by atoms with E-state index >= 15 is 0 Å². The maximum Gasteiger partial charge on any atom is 0.134 e. The Morgan fingerprint density at radius 2 is 1.67 bits per heavy atom. The number of nitrogens with zero attached hydrogens (tertiary/aromatic N) is 1. The molecule has 4 atom stereocenters. The lowest BCUT2D eigenvalue weighted by molar-refractivity contribution is -0.122. The third kappa shape index (κ3) is 4.99. The van der Waals surface area contributed by atoms with Crippen LogP contribution in [0, 0.1) is 0 Å². The van der Waals surface area contributed by atoms with E-state index in [1.807, 2.05) is 43.3 Å². The molecule has 0 saturated carbocycles. The zero-order chi connectivity index (χ0) is 18.5. The van der Waals surface area contributed by atoms with Gasteiger partial charge < -0.3 is 14.2 Å².